The quantitative estimate of drug-likeness (QED) is 0.448. The summed E-state index contributed by atoms with van der Waals surface area (Å²) in [6.07, 6.45) is 0. The molecule has 1 heterocycles. The SMILES string of the molecule is Brc1ccccc1-c1ccc(-c2nc3ccccc3o2)cc1. The molecule has 1 aromatic heterocycles. The fraction of sp³-hybridized carbons (Fsp3) is 0. The van der Waals surface area contributed by atoms with Crippen LogP contribution in [0.4, 0.5) is 0 Å². The van der Waals surface area contributed by atoms with Crippen molar-refractivity contribution in [3.8, 4) is 22.6 Å². The Labute approximate surface area is 136 Å². The molecular formula is C19H12BrNO. The van der Waals surface area contributed by atoms with E-state index in [1.165, 1.54) is 5.56 Å². The van der Waals surface area contributed by atoms with Crippen LogP contribution in [0.25, 0.3) is 33.7 Å². The van der Waals surface area contributed by atoms with Crippen molar-refractivity contribution in [2.45, 2.75) is 0 Å². The maximum Gasteiger partial charge on any atom is 0.227 e. The second-order valence-electron chi connectivity index (χ2n) is 5.04. The summed E-state index contributed by atoms with van der Waals surface area (Å²) in [4.78, 5) is 4.53. The first-order chi connectivity index (χ1) is 10.8. The Balaban J connectivity index is 1.74. The van der Waals surface area contributed by atoms with Crippen LogP contribution < -0.4 is 0 Å². The van der Waals surface area contributed by atoms with Crippen molar-refractivity contribution in [2.24, 2.45) is 0 Å². The standard InChI is InChI=1S/C19H12BrNO/c20-16-6-2-1-5-15(16)13-9-11-14(12-10-13)19-21-17-7-3-4-8-18(17)22-19/h1-12H. The first kappa shape index (κ1) is 13.3. The van der Waals surface area contributed by atoms with Gasteiger partial charge in [0.05, 0.1) is 0 Å². The normalized spacial score (nSPS) is 11.0. The van der Waals surface area contributed by atoms with Gasteiger partial charge in [-0.05, 0) is 41.5 Å². The van der Waals surface area contributed by atoms with E-state index >= 15 is 0 Å². The molecule has 3 aromatic carbocycles. The topological polar surface area (TPSA) is 26.0 Å². The van der Waals surface area contributed by atoms with E-state index in [9.17, 15) is 0 Å². The van der Waals surface area contributed by atoms with E-state index in [1.54, 1.807) is 0 Å². The lowest BCUT2D eigenvalue weighted by Crippen LogP contribution is -1.81. The number of rotatable bonds is 2. The number of fused-ring (bicyclic) bond motifs is 1. The average Bonchev–Trinajstić information content (AvgIpc) is 2.99. The van der Waals surface area contributed by atoms with Gasteiger partial charge in [-0.3, -0.25) is 0 Å². The smallest absolute Gasteiger partial charge is 0.227 e. The van der Waals surface area contributed by atoms with Gasteiger partial charge in [-0.1, -0.05) is 58.4 Å². The number of oxazole rings is 1. The molecule has 22 heavy (non-hydrogen) atoms. The van der Waals surface area contributed by atoms with Crippen molar-refractivity contribution in [1.82, 2.24) is 4.98 Å². The lowest BCUT2D eigenvalue weighted by Gasteiger charge is -2.05. The molecule has 0 saturated heterocycles. The minimum absolute atomic E-state index is 0.653. The first-order valence-electron chi connectivity index (χ1n) is 7.02. The Kier molecular flexibility index (Phi) is 3.28. The zero-order valence-electron chi connectivity index (χ0n) is 11.7. The van der Waals surface area contributed by atoms with Gasteiger partial charge in [0.25, 0.3) is 0 Å². The van der Waals surface area contributed by atoms with Gasteiger partial charge < -0.3 is 4.42 Å². The van der Waals surface area contributed by atoms with E-state index in [0.717, 1.165) is 26.7 Å². The Hall–Kier alpha value is -2.39. The number of hydrogen-bond acceptors (Lipinski definition) is 2. The zero-order chi connectivity index (χ0) is 14.9. The van der Waals surface area contributed by atoms with Crippen molar-refractivity contribution in [3.63, 3.8) is 0 Å². The third kappa shape index (κ3) is 2.34. The Bertz CT molecular complexity index is 908. The average molecular weight is 350 g/mol. The van der Waals surface area contributed by atoms with Gasteiger partial charge in [0.2, 0.25) is 5.89 Å². The van der Waals surface area contributed by atoms with Crippen LogP contribution >= 0.6 is 15.9 Å². The molecule has 0 fully saturated rings. The van der Waals surface area contributed by atoms with E-state index in [4.69, 9.17) is 4.42 Å². The monoisotopic (exact) mass is 349 g/mol. The van der Waals surface area contributed by atoms with Gasteiger partial charge in [0, 0.05) is 10.0 Å². The lowest BCUT2D eigenvalue weighted by molar-refractivity contribution is 0.620. The predicted octanol–water partition coefficient (Wildman–Crippen LogP) is 5.92. The number of nitrogens with zero attached hydrogens (tertiary/aromatic N) is 1. The van der Waals surface area contributed by atoms with Crippen LogP contribution in [-0.4, -0.2) is 4.98 Å². The van der Waals surface area contributed by atoms with E-state index in [2.05, 4.69) is 39.1 Å². The van der Waals surface area contributed by atoms with E-state index < -0.39 is 0 Å². The van der Waals surface area contributed by atoms with Crippen LogP contribution in [0.1, 0.15) is 0 Å². The van der Waals surface area contributed by atoms with Crippen LogP contribution in [-0.2, 0) is 0 Å². The predicted molar refractivity (Wildman–Crippen MR) is 92.6 cm³/mol. The number of para-hydroxylation sites is 2. The van der Waals surface area contributed by atoms with Crippen LogP contribution in [0.15, 0.2) is 81.7 Å². The highest BCUT2D eigenvalue weighted by Crippen LogP contribution is 2.30. The Morgan fingerprint density at radius 2 is 1.41 bits per heavy atom. The molecular weight excluding hydrogens is 338 g/mol. The number of benzene rings is 3. The third-order valence-electron chi connectivity index (χ3n) is 3.61. The van der Waals surface area contributed by atoms with Crippen molar-refractivity contribution in [1.29, 1.82) is 0 Å². The third-order valence-corrected chi connectivity index (χ3v) is 4.30. The van der Waals surface area contributed by atoms with Crippen molar-refractivity contribution >= 4 is 27.0 Å². The summed E-state index contributed by atoms with van der Waals surface area (Å²) >= 11 is 3.59. The molecule has 0 aliphatic heterocycles. The minimum Gasteiger partial charge on any atom is -0.436 e. The maximum atomic E-state index is 5.80. The molecule has 0 aliphatic carbocycles. The Morgan fingerprint density at radius 1 is 0.727 bits per heavy atom. The molecule has 0 radical (unpaired) electrons. The molecule has 106 valence electrons. The second kappa shape index (κ2) is 5.43. The molecule has 0 amide bonds. The molecule has 0 saturated carbocycles. The summed E-state index contributed by atoms with van der Waals surface area (Å²) in [6.45, 7) is 0. The van der Waals surface area contributed by atoms with Crippen molar-refractivity contribution in [3.05, 3.63) is 77.3 Å². The van der Waals surface area contributed by atoms with Gasteiger partial charge in [-0.25, -0.2) is 4.98 Å². The second-order valence-corrected chi connectivity index (χ2v) is 5.90. The number of aromatic nitrogens is 1. The highest BCUT2D eigenvalue weighted by atomic mass is 79.9. The Morgan fingerprint density at radius 3 is 2.18 bits per heavy atom. The summed E-state index contributed by atoms with van der Waals surface area (Å²) in [5.74, 6) is 0.653. The summed E-state index contributed by atoms with van der Waals surface area (Å²) in [5.41, 5.74) is 5.01. The fourth-order valence-electron chi connectivity index (χ4n) is 2.48. The molecule has 0 N–H and O–H groups in total. The van der Waals surface area contributed by atoms with Crippen LogP contribution in [0.2, 0.25) is 0 Å². The molecule has 4 aromatic rings. The minimum atomic E-state index is 0.653. The van der Waals surface area contributed by atoms with Crippen molar-refractivity contribution in [2.75, 3.05) is 0 Å². The zero-order valence-corrected chi connectivity index (χ0v) is 13.2. The van der Waals surface area contributed by atoms with Gasteiger partial charge in [-0.15, -0.1) is 0 Å². The molecule has 4 rings (SSSR count). The van der Waals surface area contributed by atoms with Crippen LogP contribution in [0, 0.1) is 0 Å². The van der Waals surface area contributed by atoms with Crippen LogP contribution in [0.3, 0.4) is 0 Å². The van der Waals surface area contributed by atoms with Gasteiger partial charge in [-0.2, -0.15) is 0 Å². The van der Waals surface area contributed by atoms with E-state index in [0.29, 0.717) is 5.89 Å². The highest BCUT2D eigenvalue weighted by Gasteiger charge is 2.08. The maximum absolute atomic E-state index is 5.80. The van der Waals surface area contributed by atoms with Gasteiger partial charge in [0.15, 0.2) is 5.58 Å². The molecule has 0 aliphatic rings. The summed E-state index contributed by atoms with van der Waals surface area (Å²) in [5, 5.41) is 0. The molecule has 0 atom stereocenters. The molecule has 0 spiro atoms. The van der Waals surface area contributed by atoms with E-state index in [-0.39, 0.29) is 0 Å². The molecule has 0 unspecified atom stereocenters. The molecule has 2 nitrogen and oxygen atoms in total. The summed E-state index contributed by atoms with van der Waals surface area (Å²) in [7, 11) is 0. The largest absolute Gasteiger partial charge is 0.436 e. The molecule has 3 heteroatoms. The van der Waals surface area contributed by atoms with Crippen LogP contribution in [0.5, 0.6) is 0 Å². The summed E-state index contributed by atoms with van der Waals surface area (Å²) < 4.78 is 6.89. The lowest BCUT2D eigenvalue weighted by atomic mass is 10.0. The van der Waals surface area contributed by atoms with Crippen molar-refractivity contribution < 1.29 is 4.42 Å². The van der Waals surface area contributed by atoms with Gasteiger partial charge >= 0.3 is 0 Å². The molecule has 0 bridgehead atoms. The fourth-order valence-corrected chi connectivity index (χ4v) is 3.00. The first-order valence-corrected chi connectivity index (χ1v) is 7.81. The number of hydrogen-bond donors (Lipinski definition) is 0. The summed E-state index contributed by atoms with van der Waals surface area (Å²) in [6, 6.07) is 24.3. The van der Waals surface area contributed by atoms with Gasteiger partial charge in [0.1, 0.15) is 5.52 Å². The highest BCUT2D eigenvalue weighted by molar-refractivity contribution is 9.10. The van der Waals surface area contributed by atoms with E-state index in [1.807, 2.05) is 54.6 Å². The number of halogens is 1.